The summed E-state index contributed by atoms with van der Waals surface area (Å²) in [6, 6.07) is 6.38. The molecular formula is C21H24ClN5O3S. The summed E-state index contributed by atoms with van der Waals surface area (Å²) < 4.78 is 2.88. The van der Waals surface area contributed by atoms with Crippen LogP contribution in [-0.4, -0.2) is 33.1 Å². The molecule has 0 saturated carbocycles. The molecule has 0 bridgehead atoms. The first kappa shape index (κ1) is 21.6. The third kappa shape index (κ3) is 4.38. The van der Waals surface area contributed by atoms with Crippen LogP contribution in [0.25, 0.3) is 10.3 Å². The Morgan fingerprint density at radius 3 is 2.48 bits per heavy atom. The van der Waals surface area contributed by atoms with Crippen LogP contribution in [0.15, 0.2) is 33.9 Å². The average Bonchev–Trinajstić information content (AvgIpc) is 3.19. The number of benzene rings is 1. The number of piperidine rings is 1. The van der Waals surface area contributed by atoms with Crippen molar-refractivity contribution in [3.63, 3.8) is 0 Å². The number of carbonyl (C=O) groups is 1. The lowest BCUT2D eigenvalue weighted by Gasteiger charge is -2.25. The highest BCUT2D eigenvalue weighted by Gasteiger charge is 2.23. The highest BCUT2D eigenvalue weighted by Crippen LogP contribution is 2.28. The Bertz CT molecular complexity index is 1220. The Morgan fingerprint density at radius 1 is 1.16 bits per heavy atom. The first-order valence-corrected chi connectivity index (χ1v) is 11.5. The van der Waals surface area contributed by atoms with Crippen LogP contribution in [0.4, 0.5) is 10.8 Å². The van der Waals surface area contributed by atoms with E-state index in [0.717, 1.165) is 31.1 Å². The predicted octanol–water partition coefficient (Wildman–Crippen LogP) is 3.48. The third-order valence-electron chi connectivity index (χ3n) is 5.28. The summed E-state index contributed by atoms with van der Waals surface area (Å²) in [5.41, 5.74) is -0.0498. The lowest BCUT2D eigenvalue weighted by molar-refractivity contribution is -0.116. The summed E-state index contributed by atoms with van der Waals surface area (Å²) in [6.45, 7) is 5.06. The number of hydrogen-bond donors (Lipinski definition) is 1. The normalized spacial score (nSPS) is 14.4. The number of aromatic nitrogens is 3. The van der Waals surface area contributed by atoms with Gasteiger partial charge in [-0.05, 0) is 57.4 Å². The standard InChI is InChI=1S/C21H24ClN5O3S/c1-13(2)27-19(29)17-18(24-20(31-17)25-10-4-3-5-11-25)26(21(27)30)12-16(28)23-15-8-6-14(22)7-9-15/h6-9,13H,3-5,10-12H2,1-2H3,(H,23,28). The van der Waals surface area contributed by atoms with E-state index in [1.54, 1.807) is 38.1 Å². The van der Waals surface area contributed by atoms with Crippen molar-refractivity contribution >= 4 is 50.0 Å². The van der Waals surface area contributed by atoms with Gasteiger partial charge in [-0.15, -0.1) is 0 Å². The molecule has 1 fully saturated rings. The monoisotopic (exact) mass is 461 g/mol. The van der Waals surface area contributed by atoms with E-state index in [9.17, 15) is 14.4 Å². The summed E-state index contributed by atoms with van der Waals surface area (Å²) in [5, 5.41) is 4.05. The molecule has 0 spiro atoms. The molecule has 1 N–H and O–H groups in total. The van der Waals surface area contributed by atoms with Gasteiger partial charge in [0.05, 0.1) is 0 Å². The van der Waals surface area contributed by atoms with Crippen LogP contribution >= 0.6 is 22.9 Å². The molecule has 3 heterocycles. The highest BCUT2D eigenvalue weighted by atomic mass is 35.5. The fourth-order valence-electron chi connectivity index (χ4n) is 3.74. The molecule has 1 saturated heterocycles. The molecule has 0 unspecified atom stereocenters. The molecule has 1 aliphatic heterocycles. The van der Waals surface area contributed by atoms with Gasteiger partial charge in [0.1, 0.15) is 11.2 Å². The molecule has 10 heteroatoms. The van der Waals surface area contributed by atoms with Crippen molar-refractivity contribution in [3.05, 3.63) is 50.1 Å². The first-order valence-electron chi connectivity index (χ1n) is 10.3. The molecule has 1 aliphatic rings. The first-order chi connectivity index (χ1) is 14.8. The van der Waals surface area contributed by atoms with Gasteiger partial charge in [-0.25, -0.2) is 9.78 Å². The minimum absolute atomic E-state index is 0.242. The number of nitrogens with zero attached hydrogens (tertiary/aromatic N) is 4. The smallest absolute Gasteiger partial charge is 0.333 e. The van der Waals surface area contributed by atoms with Gasteiger partial charge in [-0.3, -0.25) is 18.7 Å². The van der Waals surface area contributed by atoms with Crippen LogP contribution in [0, 0.1) is 0 Å². The Kier molecular flexibility index (Phi) is 6.15. The molecule has 0 atom stereocenters. The number of rotatable bonds is 5. The van der Waals surface area contributed by atoms with Crippen molar-refractivity contribution in [1.82, 2.24) is 14.1 Å². The van der Waals surface area contributed by atoms with Gasteiger partial charge in [0.2, 0.25) is 5.91 Å². The van der Waals surface area contributed by atoms with Gasteiger partial charge in [0.15, 0.2) is 10.8 Å². The number of carbonyl (C=O) groups excluding carboxylic acids is 1. The van der Waals surface area contributed by atoms with Crippen LogP contribution in [0.2, 0.25) is 5.02 Å². The number of thiazole rings is 1. The predicted molar refractivity (Wildman–Crippen MR) is 125 cm³/mol. The molecule has 3 aromatic rings. The quantitative estimate of drug-likeness (QED) is 0.628. The Morgan fingerprint density at radius 2 is 1.84 bits per heavy atom. The van der Waals surface area contributed by atoms with Crippen LogP contribution in [0.1, 0.15) is 39.2 Å². The van der Waals surface area contributed by atoms with Gasteiger partial charge >= 0.3 is 5.69 Å². The van der Waals surface area contributed by atoms with Crippen molar-refractivity contribution in [2.75, 3.05) is 23.3 Å². The second-order valence-corrected chi connectivity index (χ2v) is 9.30. The summed E-state index contributed by atoms with van der Waals surface area (Å²) in [7, 11) is 0. The zero-order chi connectivity index (χ0) is 22.1. The van der Waals surface area contributed by atoms with Gasteiger partial charge in [0.25, 0.3) is 5.56 Å². The van der Waals surface area contributed by atoms with E-state index in [0.29, 0.717) is 15.4 Å². The largest absolute Gasteiger partial charge is 0.348 e. The van der Waals surface area contributed by atoms with E-state index < -0.39 is 5.69 Å². The summed E-state index contributed by atoms with van der Waals surface area (Å²) in [5.74, 6) is -0.382. The van der Waals surface area contributed by atoms with E-state index in [4.69, 9.17) is 11.6 Å². The zero-order valence-corrected chi connectivity index (χ0v) is 19.0. The molecule has 164 valence electrons. The highest BCUT2D eigenvalue weighted by molar-refractivity contribution is 7.22. The van der Waals surface area contributed by atoms with Gasteiger partial charge in [-0.2, -0.15) is 0 Å². The number of hydrogen-bond acceptors (Lipinski definition) is 6. The van der Waals surface area contributed by atoms with Gasteiger partial charge in [-0.1, -0.05) is 22.9 Å². The number of nitrogens with one attached hydrogen (secondary N) is 1. The molecule has 2 aromatic heterocycles. The molecule has 8 nitrogen and oxygen atoms in total. The molecule has 1 aromatic carbocycles. The van der Waals surface area contributed by atoms with Crippen molar-refractivity contribution < 1.29 is 4.79 Å². The maximum Gasteiger partial charge on any atom is 0.333 e. The van der Waals surface area contributed by atoms with E-state index in [-0.39, 0.29) is 29.7 Å². The van der Waals surface area contributed by atoms with Crippen molar-refractivity contribution in [1.29, 1.82) is 0 Å². The second kappa shape index (κ2) is 8.84. The second-order valence-electron chi connectivity index (χ2n) is 7.89. The maximum absolute atomic E-state index is 13.1. The van der Waals surface area contributed by atoms with Crippen LogP contribution in [-0.2, 0) is 11.3 Å². The molecule has 0 aliphatic carbocycles. The van der Waals surface area contributed by atoms with Gasteiger partial charge in [0, 0.05) is 29.8 Å². The molecular weight excluding hydrogens is 438 g/mol. The number of fused-ring (bicyclic) bond motifs is 1. The lowest BCUT2D eigenvalue weighted by Crippen LogP contribution is -2.42. The Labute approximate surface area is 188 Å². The summed E-state index contributed by atoms with van der Waals surface area (Å²) >= 11 is 7.18. The van der Waals surface area contributed by atoms with Crippen molar-refractivity contribution in [2.45, 2.75) is 45.7 Å². The molecule has 0 radical (unpaired) electrons. The number of anilines is 2. The molecule has 1 amide bonds. The van der Waals surface area contributed by atoms with Gasteiger partial charge < -0.3 is 10.2 Å². The Hall–Kier alpha value is -2.65. The molecule has 31 heavy (non-hydrogen) atoms. The summed E-state index contributed by atoms with van der Waals surface area (Å²) in [4.78, 5) is 45.7. The zero-order valence-electron chi connectivity index (χ0n) is 17.4. The number of amides is 1. The lowest BCUT2D eigenvalue weighted by atomic mass is 10.1. The minimum atomic E-state index is -0.533. The fourth-order valence-corrected chi connectivity index (χ4v) is 4.92. The maximum atomic E-state index is 13.1. The van der Waals surface area contributed by atoms with E-state index in [1.165, 1.54) is 26.9 Å². The van der Waals surface area contributed by atoms with E-state index in [2.05, 4.69) is 15.2 Å². The van der Waals surface area contributed by atoms with Crippen LogP contribution in [0.5, 0.6) is 0 Å². The average molecular weight is 462 g/mol. The van der Waals surface area contributed by atoms with Crippen LogP contribution in [0.3, 0.4) is 0 Å². The van der Waals surface area contributed by atoms with Crippen LogP contribution < -0.4 is 21.5 Å². The topological polar surface area (TPSA) is 89.2 Å². The fraction of sp³-hybridized carbons (Fsp3) is 0.429. The van der Waals surface area contributed by atoms with Crippen molar-refractivity contribution in [2.24, 2.45) is 0 Å². The third-order valence-corrected chi connectivity index (χ3v) is 6.62. The van der Waals surface area contributed by atoms with Crippen molar-refractivity contribution in [3.8, 4) is 0 Å². The van der Waals surface area contributed by atoms with E-state index in [1.807, 2.05) is 0 Å². The SMILES string of the molecule is CC(C)n1c(=O)c2sc(N3CCCCC3)nc2n(CC(=O)Nc2ccc(Cl)cc2)c1=O. The Balaban J connectivity index is 1.75. The minimum Gasteiger partial charge on any atom is -0.348 e. The molecule has 4 rings (SSSR count). The summed E-state index contributed by atoms with van der Waals surface area (Å²) in [6.07, 6.45) is 3.32. The van der Waals surface area contributed by atoms with E-state index >= 15 is 0 Å². The number of halogens is 1.